The topological polar surface area (TPSA) is 82.6 Å². The lowest BCUT2D eigenvalue weighted by atomic mass is 10.4. The number of nitrogens with zero attached hydrogens (tertiary/aromatic N) is 3. The molecule has 1 amide bonds. The number of sulfonamides is 1. The van der Waals surface area contributed by atoms with Gasteiger partial charge in [-0.3, -0.25) is 4.79 Å². The number of nitrogens with one attached hydrogen (secondary N) is 1. The van der Waals surface area contributed by atoms with E-state index in [-0.39, 0.29) is 18.0 Å². The highest BCUT2D eigenvalue weighted by Gasteiger charge is 2.26. The van der Waals surface area contributed by atoms with Crippen LogP contribution in [0, 0.1) is 6.92 Å². The highest BCUT2D eigenvalue weighted by Crippen LogP contribution is 2.20. The molecule has 10 heteroatoms. The van der Waals surface area contributed by atoms with Gasteiger partial charge in [0.1, 0.15) is 0 Å². The van der Waals surface area contributed by atoms with E-state index in [1.807, 2.05) is 31.3 Å². The van der Waals surface area contributed by atoms with Gasteiger partial charge in [-0.15, -0.1) is 11.3 Å². The van der Waals surface area contributed by atoms with Gasteiger partial charge in [-0.2, -0.15) is 4.31 Å². The van der Waals surface area contributed by atoms with Crippen molar-refractivity contribution >= 4 is 48.3 Å². The van der Waals surface area contributed by atoms with Crippen molar-refractivity contribution in [3.8, 4) is 0 Å². The lowest BCUT2D eigenvalue weighted by Crippen LogP contribution is -2.39. The lowest BCUT2D eigenvalue weighted by Gasteiger charge is -2.22. The summed E-state index contributed by atoms with van der Waals surface area (Å²) in [6.45, 7) is 2.54. The number of aryl methyl sites for hydroxylation is 1. The minimum atomic E-state index is -3.78. The molecule has 1 heterocycles. The molecule has 1 N–H and O–H groups in total. The number of benzene rings is 1. The SMILES string of the molecule is Cc1csc(NC(=O)CN(CCCN(C)C)S(=O)(=O)c2ccc(Br)cc2)n1. The Kier molecular flexibility index (Phi) is 7.92. The van der Waals surface area contributed by atoms with Crippen LogP contribution in [0.2, 0.25) is 0 Å². The van der Waals surface area contributed by atoms with Crippen molar-refractivity contribution in [1.82, 2.24) is 14.2 Å². The molecule has 0 saturated heterocycles. The number of carbonyl (C=O) groups excluding carboxylic acids is 1. The fourth-order valence-corrected chi connectivity index (χ4v) is 4.74. The van der Waals surface area contributed by atoms with Crippen LogP contribution in [-0.2, 0) is 14.8 Å². The summed E-state index contributed by atoms with van der Waals surface area (Å²) >= 11 is 4.61. The summed E-state index contributed by atoms with van der Waals surface area (Å²) in [5, 5.41) is 4.96. The monoisotopic (exact) mass is 474 g/mol. The summed E-state index contributed by atoms with van der Waals surface area (Å²) < 4.78 is 28.0. The van der Waals surface area contributed by atoms with Crippen LogP contribution < -0.4 is 5.32 Å². The van der Waals surface area contributed by atoms with Gasteiger partial charge in [-0.1, -0.05) is 15.9 Å². The molecule has 0 aliphatic carbocycles. The van der Waals surface area contributed by atoms with Crippen molar-refractivity contribution in [3.63, 3.8) is 0 Å². The summed E-state index contributed by atoms with van der Waals surface area (Å²) in [5.74, 6) is -0.408. The predicted octanol–water partition coefficient (Wildman–Crippen LogP) is 2.80. The van der Waals surface area contributed by atoms with Crippen molar-refractivity contribution in [2.45, 2.75) is 18.2 Å². The van der Waals surface area contributed by atoms with Crippen molar-refractivity contribution in [2.24, 2.45) is 0 Å². The molecule has 0 bridgehead atoms. The fraction of sp³-hybridized carbons (Fsp3) is 0.412. The number of carbonyl (C=O) groups is 1. The van der Waals surface area contributed by atoms with Gasteiger partial charge in [0.25, 0.3) is 0 Å². The Morgan fingerprint density at radius 3 is 2.44 bits per heavy atom. The second kappa shape index (κ2) is 9.74. The number of thiazole rings is 1. The van der Waals surface area contributed by atoms with Crippen LogP contribution in [0.5, 0.6) is 0 Å². The molecule has 7 nitrogen and oxygen atoms in total. The number of hydrogen-bond donors (Lipinski definition) is 1. The van der Waals surface area contributed by atoms with Crippen LogP contribution in [0.25, 0.3) is 0 Å². The second-order valence-corrected chi connectivity index (χ2v) is 10.0. The first-order chi connectivity index (χ1) is 12.7. The normalized spacial score (nSPS) is 11.9. The Morgan fingerprint density at radius 1 is 1.22 bits per heavy atom. The molecule has 148 valence electrons. The molecule has 0 aliphatic heterocycles. The Labute approximate surface area is 172 Å². The third-order valence-electron chi connectivity index (χ3n) is 3.65. The highest BCUT2D eigenvalue weighted by atomic mass is 79.9. The van der Waals surface area contributed by atoms with Crippen molar-refractivity contribution in [3.05, 3.63) is 39.8 Å². The van der Waals surface area contributed by atoms with Gasteiger partial charge < -0.3 is 10.2 Å². The van der Waals surface area contributed by atoms with Crippen LogP contribution in [0.4, 0.5) is 5.13 Å². The average Bonchev–Trinajstić information content (AvgIpc) is 2.98. The molecule has 2 aromatic rings. The number of amides is 1. The Hall–Kier alpha value is -1.33. The average molecular weight is 475 g/mol. The first-order valence-electron chi connectivity index (χ1n) is 8.31. The third-order valence-corrected chi connectivity index (χ3v) is 6.91. The molecule has 0 fully saturated rings. The van der Waals surface area contributed by atoms with Crippen LogP contribution in [-0.4, -0.2) is 62.2 Å². The minimum absolute atomic E-state index is 0.161. The Bertz CT molecular complexity index is 867. The second-order valence-electron chi connectivity index (χ2n) is 6.29. The predicted molar refractivity (Wildman–Crippen MR) is 112 cm³/mol. The van der Waals surface area contributed by atoms with E-state index in [0.717, 1.165) is 16.7 Å². The quantitative estimate of drug-likeness (QED) is 0.603. The molecule has 1 aromatic heterocycles. The number of aromatic nitrogens is 1. The summed E-state index contributed by atoms with van der Waals surface area (Å²) in [5.41, 5.74) is 0.806. The maximum absolute atomic E-state index is 13.0. The summed E-state index contributed by atoms with van der Waals surface area (Å²) in [6.07, 6.45) is 0.617. The van der Waals surface area contributed by atoms with Crippen LogP contribution in [0.15, 0.2) is 39.0 Å². The standard InChI is InChI=1S/C17H23BrN4O3S2/c1-13-12-26-17(19-13)20-16(23)11-22(10-4-9-21(2)3)27(24,25)15-7-5-14(18)6-8-15/h5-8,12H,4,9-11H2,1-3H3,(H,19,20,23). The first-order valence-corrected chi connectivity index (χ1v) is 11.4. The fourth-order valence-electron chi connectivity index (χ4n) is 2.33. The number of anilines is 1. The van der Waals surface area contributed by atoms with E-state index in [1.165, 1.54) is 27.8 Å². The van der Waals surface area contributed by atoms with E-state index in [0.29, 0.717) is 11.6 Å². The lowest BCUT2D eigenvalue weighted by molar-refractivity contribution is -0.116. The molecule has 0 atom stereocenters. The van der Waals surface area contributed by atoms with Crippen LogP contribution in [0.3, 0.4) is 0 Å². The highest BCUT2D eigenvalue weighted by molar-refractivity contribution is 9.10. The molecular weight excluding hydrogens is 452 g/mol. The zero-order chi connectivity index (χ0) is 20.0. The molecule has 0 spiro atoms. The number of rotatable bonds is 9. The minimum Gasteiger partial charge on any atom is -0.309 e. The maximum atomic E-state index is 13.0. The van der Waals surface area contributed by atoms with E-state index in [4.69, 9.17) is 0 Å². The van der Waals surface area contributed by atoms with Gasteiger partial charge in [0.15, 0.2) is 5.13 Å². The molecule has 0 aliphatic rings. The van der Waals surface area contributed by atoms with E-state index in [9.17, 15) is 13.2 Å². The van der Waals surface area contributed by atoms with Gasteiger partial charge in [0.2, 0.25) is 15.9 Å². The summed E-state index contributed by atoms with van der Waals surface area (Å²) in [4.78, 5) is 18.7. The first kappa shape index (κ1) is 22.0. The van der Waals surface area contributed by atoms with Crippen molar-refractivity contribution < 1.29 is 13.2 Å². The van der Waals surface area contributed by atoms with Gasteiger partial charge in [-0.25, -0.2) is 13.4 Å². The molecule has 1 aromatic carbocycles. The number of hydrogen-bond acceptors (Lipinski definition) is 6. The number of halogens is 1. The zero-order valence-electron chi connectivity index (χ0n) is 15.5. The van der Waals surface area contributed by atoms with Crippen LogP contribution >= 0.6 is 27.3 Å². The summed E-state index contributed by atoms with van der Waals surface area (Å²) in [7, 11) is 0.0616. The van der Waals surface area contributed by atoms with Crippen molar-refractivity contribution in [1.29, 1.82) is 0 Å². The molecule has 0 saturated carbocycles. The zero-order valence-corrected chi connectivity index (χ0v) is 18.7. The molecular formula is C17H23BrN4O3S2. The molecule has 0 unspecified atom stereocenters. The van der Waals surface area contributed by atoms with E-state index < -0.39 is 15.9 Å². The van der Waals surface area contributed by atoms with E-state index in [2.05, 4.69) is 26.2 Å². The van der Waals surface area contributed by atoms with E-state index in [1.54, 1.807) is 12.1 Å². The molecule has 0 radical (unpaired) electrons. The van der Waals surface area contributed by atoms with E-state index >= 15 is 0 Å². The van der Waals surface area contributed by atoms with Crippen molar-refractivity contribution in [2.75, 3.05) is 39.0 Å². The van der Waals surface area contributed by atoms with Gasteiger partial charge in [0.05, 0.1) is 17.1 Å². The maximum Gasteiger partial charge on any atom is 0.243 e. The van der Waals surface area contributed by atoms with Crippen LogP contribution in [0.1, 0.15) is 12.1 Å². The third kappa shape index (κ3) is 6.65. The Balaban J connectivity index is 2.16. The van der Waals surface area contributed by atoms with Gasteiger partial charge >= 0.3 is 0 Å². The largest absolute Gasteiger partial charge is 0.309 e. The summed E-state index contributed by atoms with van der Waals surface area (Å²) in [6, 6.07) is 6.40. The van der Waals surface area contributed by atoms with Gasteiger partial charge in [0, 0.05) is 16.4 Å². The molecule has 2 rings (SSSR count). The molecule has 27 heavy (non-hydrogen) atoms. The van der Waals surface area contributed by atoms with Gasteiger partial charge in [-0.05, 0) is 58.3 Å². The smallest absolute Gasteiger partial charge is 0.243 e. The Morgan fingerprint density at radius 2 is 1.89 bits per heavy atom.